The second kappa shape index (κ2) is 6.61. The number of nitrogens with one attached hydrogen (secondary N) is 3. The van der Waals surface area contributed by atoms with E-state index in [1.54, 1.807) is 17.5 Å². The van der Waals surface area contributed by atoms with Gasteiger partial charge < -0.3 is 10.6 Å². The number of carbonyl (C=O) groups is 1. The first-order chi connectivity index (χ1) is 12.1. The standard InChI is InChI=1S/C16H17ClN6OS/c1-8-20-9(7-25-8)5-18-16-21-11-3-2-4-12(24)13(11)15(22-16)14-10(17)6-19-23-14/h6-7,15H,2-5H2,1H3,(H,19,23)(H2,18,21,22). The molecule has 1 atom stereocenters. The maximum Gasteiger partial charge on any atom is 0.196 e. The molecular weight excluding hydrogens is 360 g/mol. The molecule has 25 heavy (non-hydrogen) atoms. The quantitative estimate of drug-likeness (QED) is 0.765. The lowest BCUT2D eigenvalue weighted by atomic mass is 9.87. The highest BCUT2D eigenvalue weighted by molar-refractivity contribution is 7.09. The van der Waals surface area contributed by atoms with E-state index in [1.807, 2.05) is 12.3 Å². The number of thiazole rings is 1. The van der Waals surface area contributed by atoms with E-state index in [4.69, 9.17) is 11.6 Å². The van der Waals surface area contributed by atoms with Crippen molar-refractivity contribution < 1.29 is 4.79 Å². The lowest BCUT2D eigenvalue weighted by Crippen LogP contribution is -2.48. The molecule has 3 N–H and O–H groups in total. The van der Waals surface area contributed by atoms with Crippen LogP contribution in [0, 0.1) is 6.92 Å². The summed E-state index contributed by atoms with van der Waals surface area (Å²) in [5, 5.41) is 17.0. The second-order valence-corrected chi connectivity index (χ2v) is 7.50. The largest absolute Gasteiger partial charge is 0.343 e. The van der Waals surface area contributed by atoms with Gasteiger partial charge in [0.05, 0.1) is 34.2 Å². The molecule has 1 aliphatic heterocycles. The molecule has 130 valence electrons. The molecule has 7 nitrogen and oxygen atoms in total. The van der Waals surface area contributed by atoms with E-state index >= 15 is 0 Å². The fourth-order valence-electron chi connectivity index (χ4n) is 3.14. The number of carbonyl (C=O) groups excluding carboxylic acids is 1. The minimum Gasteiger partial charge on any atom is -0.343 e. The Morgan fingerprint density at radius 2 is 2.32 bits per heavy atom. The zero-order valence-electron chi connectivity index (χ0n) is 13.6. The molecule has 2 aromatic heterocycles. The average molecular weight is 377 g/mol. The van der Waals surface area contributed by atoms with E-state index in [0.717, 1.165) is 34.8 Å². The van der Waals surface area contributed by atoms with Crippen molar-refractivity contribution in [2.24, 2.45) is 4.99 Å². The van der Waals surface area contributed by atoms with E-state index < -0.39 is 0 Å². The Bertz CT molecular complexity index is 883. The van der Waals surface area contributed by atoms with E-state index in [9.17, 15) is 4.79 Å². The fraction of sp³-hybridized carbons (Fsp3) is 0.375. The Hall–Kier alpha value is -2.19. The summed E-state index contributed by atoms with van der Waals surface area (Å²) in [6.07, 6.45) is 3.75. The zero-order valence-corrected chi connectivity index (χ0v) is 15.2. The molecule has 2 aliphatic rings. The zero-order chi connectivity index (χ0) is 17.4. The molecule has 0 amide bonds. The summed E-state index contributed by atoms with van der Waals surface area (Å²) in [6.45, 7) is 2.44. The Balaban J connectivity index is 1.67. The normalized spacial score (nSPS) is 21.9. The number of aromatic nitrogens is 3. The van der Waals surface area contributed by atoms with Crippen LogP contribution in [0.25, 0.3) is 0 Å². The number of aliphatic imine (C=N–C) groups is 1. The Labute approximate surface area is 153 Å². The molecule has 0 saturated heterocycles. The van der Waals surface area contributed by atoms with Crippen LogP contribution in [0.15, 0.2) is 27.8 Å². The number of rotatable bonds is 3. The molecule has 2 aromatic rings. The summed E-state index contributed by atoms with van der Waals surface area (Å²) in [7, 11) is 0. The molecule has 0 aromatic carbocycles. The number of guanidine groups is 1. The van der Waals surface area contributed by atoms with Crippen LogP contribution < -0.4 is 10.6 Å². The number of allylic oxidation sites excluding steroid dienone is 1. The number of hydrogen-bond donors (Lipinski definition) is 3. The molecule has 1 aliphatic carbocycles. The summed E-state index contributed by atoms with van der Waals surface area (Å²) in [5.74, 6) is 0.751. The van der Waals surface area contributed by atoms with Gasteiger partial charge in [0.2, 0.25) is 0 Å². The first-order valence-corrected chi connectivity index (χ1v) is 9.31. The summed E-state index contributed by atoms with van der Waals surface area (Å²) in [5.41, 5.74) is 3.25. The number of ketones is 1. The lowest BCUT2D eigenvalue weighted by molar-refractivity contribution is -0.116. The van der Waals surface area contributed by atoms with E-state index in [2.05, 4.69) is 30.8 Å². The van der Waals surface area contributed by atoms with E-state index in [-0.39, 0.29) is 11.8 Å². The van der Waals surface area contributed by atoms with Gasteiger partial charge in [-0.05, 0) is 19.8 Å². The van der Waals surface area contributed by atoms with Gasteiger partial charge in [0.1, 0.15) is 6.04 Å². The third-order valence-electron chi connectivity index (χ3n) is 4.27. The smallest absolute Gasteiger partial charge is 0.196 e. The van der Waals surface area contributed by atoms with Gasteiger partial charge in [-0.25, -0.2) is 9.98 Å². The SMILES string of the molecule is Cc1nc(CN=C2NC3=C(C(=O)CCC3)C(c3[nH]ncc3Cl)N2)cs1. The minimum absolute atomic E-state index is 0.131. The predicted molar refractivity (Wildman–Crippen MR) is 96.5 cm³/mol. The molecule has 3 heterocycles. The summed E-state index contributed by atoms with van der Waals surface area (Å²) in [4.78, 5) is 21.5. The number of halogens is 1. The molecule has 0 saturated carbocycles. The number of hydrogen-bond acceptors (Lipinski definition) is 5. The van der Waals surface area contributed by atoms with Crippen LogP contribution in [-0.4, -0.2) is 26.9 Å². The fourth-order valence-corrected chi connectivity index (χ4v) is 3.95. The first kappa shape index (κ1) is 16.3. The van der Waals surface area contributed by atoms with Crippen LogP contribution in [0.3, 0.4) is 0 Å². The third kappa shape index (κ3) is 3.19. The first-order valence-electron chi connectivity index (χ1n) is 8.06. The molecular formula is C16H17ClN6OS. The van der Waals surface area contributed by atoms with Crippen molar-refractivity contribution in [3.8, 4) is 0 Å². The van der Waals surface area contributed by atoms with Crippen molar-refractivity contribution in [1.82, 2.24) is 25.8 Å². The molecule has 0 bridgehead atoms. The van der Waals surface area contributed by atoms with Gasteiger partial charge >= 0.3 is 0 Å². The predicted octanol–water partition coefficient (Wildman–Crippen LogP) is 2.63. The number of H-pyrrole nitrogens is 1. The van der Waals surface area contributed by atoms with Crippen LogP contribution >= 0.6 is 22.9 Å². The van der Waals surface area contributed by atoms with Gasteiger partial charge in [0.25, 0.3) is 0 Å². The lowest BCUT2D eigenvalue weighted by Gasteiger charge is -2.33. The molecule has 0 radical (unpaired) electrons. The van der Waals surface area contributed by atoms with Crippen molar-refractivity contribution >= 4 is 34.7 Å². The van der Waals surface area contributed by atoms with Gasteiger partial charge in [0.15, 0.2) is 11.7 Å². The topological polar surface area (TPSA) is 95.1 Å². The van der Waals surface area contributed by atoms with Crippen molar-refractivity contribution in [2.45, 2.75) is 38.8 Å². The van der Waals surface area contributed by atoms with Gasteiger partial charge in [0, 0.05) is 23.1 Å². The maximum atomic E-state index is 12.5. The summed E-state index contributed by atoms with van der Waals surface area (Å²) < 4.78 is 0. The molecule has 4 rings (SSSR count). The van der Waals surface area contributed by atoms with Gasteiger partial charge in [-0.2, -0.15) is 5.10 Å². The van der Waals surface area contributed by atoms with Crippen LogP contribution in [0.4, 0.5) is 0 Å². The van der Waals surface area contributed by atoms with Crippen molar-refractivity contribution in [2.75, 3.05) is 0 Å². The monoisotopic (exact) mass is 376 g/mol. The van der Waals surface area contributed by atoms with Crippen molar-refractivity contribution in [1.29, 1.82) is 0 Å². The highest BCUT2D eigenvalue weighted by atomic mass is 35.5. The summed E-state index contributed by atoms with van der Waals surface area (Å²) in [6, 6.07) is -0.366. The number of aryl methyl sites for hydroxylation is 1. The third-order valence-corrected chi connectivity index (χ3v) is 5.39. The van der Waals surface area contributed by atoms with Crippen LogP contribution in [0.5, 0.6) is 0 Å². The van der Waals surface area contributed by atoms with Gasteiger partial charge in [-0.15, -0.1) is 11.3 Å². The van der Waals surface area contributed by atoms with Crippen LogP contribution in [-0.2, 0) is 11.3 Å². The Morgan fingerprint density at radius 3 is 3.04 bits per heavy atom. The Morgan fingerprint density at radius 1 is 1.44 bits per heavy atom. The number of Topliss-reactive ketones (excluding diaryl/α,β-unsaturated/α-hetero) is 1. The molecule has 1 unspecified atom stereocenters. The van der Waals surface area contributed by atoms with E-state index in [0.29, 0.717) is 29.6 Å². The molecule has 0 spiro atoms. The van der Waals surface area contributed by atoms with Crippen molar-refractivity contribution in [3.63, 3.8) is 0 Å². The van der Waals surface area contributed by atoms with Crippen LogP contribution in [0.2, 0.25) is 5.02 Å². The van der Waals surface area contributed by atoms with E-state index in [1.165, 1.54) is 0 Å². The number of aromatic amines is 1. The highest BCUT2D eigenvalue weighted by Crippen LogP contribution is 2.35. The second-order valence-electron chi connectivity index (χ2n) is 6.03. The highest BCUT2D eigenvalue weighted by Gasteiger charge is 2.35. The summed E-state index contributed by atoms with van der Waals surface area (Å²) >= 11 is 7.84. The number of nitrogens with zero attached hydrogens (tertiary/aromatic N) is 3. The van der Waals surface area contributed by atoms with Gasteiger partial charge in [-0.3, -0.25) is 9.89 Å². The maximum absolute atomic E-state index is 12.5. The average Bonchev–Trinajstić information content (AvgIpc) is 3.20. The molecule has 9 heteroatoms. The minimum atomic E-state index is -0.366. The Kier molecular flexibility index (Phi) is 4.30. The van der Waals surface area contributed by atoms with Crippen LogP contribution in [0.1, 0.15) is 41.7 Å². The molecule has 0 fully saturated rings. The van der Waals surface area contributed by atoms with Crippen molar-refractivity contribution in [3.05, 3.63) is 44.3 Å². The van der Waals surface area contributed by atoms with Gasteiger partial charge in [-0.1, -0.05) is 11.6 Å².